The monoisotopic (exact) mass is 382 g/mol. The maximum atomic E-state index is 12.1. The molecular weight excluding hydrogens is 348 g/mol. The third kappa shape index (κ3) is 8.41. The predicted octanol–water partition coefficient (Wildman–Crippen LogP) is 3.97. The number of hydrogen-bond acceptors (Lipinski definition) is 3. The molecule has 1 aromatic rings. The van der Waals surface area contributed by atoms with Crippen molar-refractivity contribution in [3.8, 4) is 5.75 Å². The number of benzene rings is 1. The van der Waals surface area contributed by atoms with Gasteiger partial charge < -0.3 is 15.4 Å². The lowest BCUT2D eigenvalue weighted by atomic mass is 9.84. The summed E-state index contributed by atoms with van der Waals surface area (Å²) in [5.74, 6) is 2.27. The summed E-state index contributed by atoms with van der Waals surface area (Å²) in [6, 6.07) is 8.22. The lowest BCUT2D eigenvalue weighted by Crippen LogP contribution is -2.34. The summed E-state index contributed by atoms with van der Waals surface area (Å²) in [5, 5.41) is 6.46. The van der Waals surface area contributed by atoms with Crippen LogP contribution in [0.1, 0.15) is 51.5 Å². The number of hydrogen-bond donors (Lipinski definition) is 2. The minimum Gasteiger partial charge on any atom is -0.494 e. The van der Waals surface area contributed by atoms with Crippen molar-refractivity contribution in [2.24, 2.45) is 11.8 Å². The van der Waals surface area contributed by atoms with Crippen molar-refractivity contribution in [2.45, 2.75) is 52.4 Å². The van der Waals surface area contributed by atoms with Crippen molar-refractivity contribution in [3.05, 3.63) is 29.8 Å². The number of nitrogens with one attached hydrogen (secondary N) is 2. The zero-order chi connectivity index (χ0) is 17.9. The van der Waals surface area contributed by atoms with Crippen LogP contribution in [-0.2, 0) is 11.2 Å². The van der Waals surface area contributed by atoms with Crippen molar-refractivity contribution in [3.63, 3.8) is 0 Å². The molecule has 1 unspecified atom stereocenters. The molecule has 1 fully saturated rings. The fourth-order valence-corrected chi connectivity index (χ4v) is 3.38. The molecule has 148 valence electrons. The number of amides is 1. The van der Waals surface area contributed by atoms with E-state index < -0.39 is 0 Å². The first-order chi connectivity index (χ1) is 12.2. The van der Waals surface area contributed by atoms with Crippen LogP contribution in [-0.4, -0.2) is 32.1 Å². The highest BCUT2D eigenvalue weighted by Gasteiger charge is 2.21. The van der Waals surface area contributed by atoms with Crippen LogP contribution in [0.25, 0.3) is 0 Å². The zero-order valence-corrected chi connectivity index (χ0v) is 17.1. The van der Waals surface area contributed by atoms with E-state index in [0.29, 0.717) is 24.8 Å². The Morgan fingerprint density at radius 2 is 1.96 bits per heavy atom. The van der Waals surface area contributed by atoms with Crippen LogP contribution in [0.2, 0.25) is 0 Å². The van der Waals surface area contributed by atoms with Gasteiger partial charge in [-0.15, -0.1) is 12.4 Å². The standard InChI is InChI=1S/C21H34N2O2.ClH/c1-3-4-15-25-20-7-5-18(6-8-20)9-14-23-21(24)16-17(2)19-10-12-22-13-11-19;/h5-8,17,19,22H,3-4,9-16H2,1-2H3,(H,23,24);1H. The van der Waals surface area contributed by atoms with Gasteiger partial charge in [0.15, 0.2) is 0 Å². The summed E-state index contributed by atoms with van der Waals surface area (Å²) in [6.07, 6.45) is 6.14. The highest BCUT2D eigenvalue weighted by Crippen LogP contribution is 2.24. The van der Waals surface area contributed by atoms with Crippen molar-refractivity contribution < 1.29 is 9.53 Å². The average molecular weight is 383 g/mol. The van der Waals surface area contributed by atoms with Gasteiger partial charge in [-0.3, -0.25) is 4.79 Å². The number of piperidine rings is 1. The van der Waals surface area contributed by atoms with E-state index in [-0.39, 0.29) is 18.3 Å². The van der Waals surface area contributed by atoms with Gasteiger partial charge in [0.1, 0.15) is 5.75 Å². The molecular formula is C21H35ClN2O2. The summed E-state index contributed by atoms with van der Waals surface area (Å²) in [7, 11) is 0. The number of carbonyl (C=O) groups is 1. The van der Waals surface area contributed by atoms with Gasteiger partial charge in [-0.05, 0) is 68.3 Å². The zero-order valence-electron chi connectivity index (χ0n) is 16.3. The van der Waals surface area contributed by atoms with Crippen LogP contribution in [0, 0.1) is 11.8 Å². The molecule has 1 saturated heterocycles. The van der Waals surface area contributed by atoms with Crippen LogP contribution in [0.5, 0.6) is 5.75 Å². The van der Waals surface area contributed by atoms with Crippen molar-refractivity contribution >= 4 is 18.3 Å². The molecule has 1 heterocycles. The summed E-state index contributed by atoms with van der Waals surface area (Å²) < 4.78 is 5.67. The molecule has 2 rings (SSSR count). The lowest BCUT2D eigenvalue weighted by molar-refractivity contribution is -0.122. The van der Waals surface area contributed by atoms with E-state index in [1.54, 1.807) is 0 Å². The first kappa shape index (κ1) is 22.8. The molecule has 0 aliphatic carbocycles. The number of ether oxygens (including phenoxy) is 1. The van der Waals surface area contributed by atoms with E-state index in [2.05, 4.69) is 36.6 Å². The fourth-order valence-electron chi connectivity index (χ4n) is 3.38. The third-order valence-corrected chi connectivity index (χ3v) is 5.12. The number of rotatable bonds is 10. The Morgan fingerprint density at radius 3 is 2.62 bits per heavy atom. The van der Waals surface area contributed by atoms with Crippen LogP contribution in [0.3, 0.4) is 0 Å². The number of halogens is 1. The maximum absolute atomic E-state index is 12.1. The van der Waals surface area contributed by atoms with Gasteiger partial charge in [0.25, 0.3) is 0 Å². The molecule has 0 aromatic heterocycles. The lowest BCUT2D eigenvalue weighted by Gasteiger charge is -2.27. The third-order valence-electron chi connectivity index (χ3n) is 5.12. The molecule has 0 bridgehead atoms. The van der Waals surface area contributed by atoms with Gasteiger partial charge in [0.05, 0.1) is 6.61 Å². The van der Waals surface area contributed by atoms with Crippen LogP contribution in [0.15, 0.2) is 24.3 Å². The predicted molar refractivity (Wildman–Crippen MR) is 110 cm³/mol. The minimum atomic E-state index is 0. The molecule has 0 spiro atoms. The molecule has 1 aliphatic heterocycles. The largest absolute Gasteiger partial charge is 0.494 e. The SMILES string of the molecule is CCCCOc1ccc(CCNC(=O)CC(C)C2CCNCC2)cc1.Cl. The Morgan fingerprint density at radius 1 is 1.27 bits per heavy atom. The molecule has 0 saturated carbocycles. The molecule has 1 aliphatic rings. The van der Waals surface area contributed by atoms with E-state index in [4.69, 9.17) is 4.74 Å². The van der Waals surface area contributed by atoms with E-state index in [0.717, 1.165) is 44.7 Å². The smallest absolute Gasteiger partial charge is 0.220 e. The summed E-state index contributed by atoms with van der Waals surface area (Å²) >= 11 is 0. The van der Waals surface area contributed by atoms with E-state index in [9.17, 15) is 4.79 Å². The Bertz CT molecular complexity index is 501. The van der Waals surface area contributed by atoms with Crippen LogP contribution >= 0.6 is 12.4 Å². The maximum Gasteiger partial charge on any atom is 0.220 e. The molecule has 4 nitrogen and oxygen atoms in total. The molecule has 5 heteroatoms. The van der Waals surface area contributed by atoms with Crippen molar-refractivity contribution in [1.29, 1.82) is 0 Å². The second-order valence-electron chi connectivity index (χ2n) is 7.21. The topological polar surface area (TPSA) is 50.4 Å². The molecule has 2 N–H and O–H groups in total. The van der Waals surface area contributed by atoms with Crippen LogP contribution in [0.4, 0.5) is 0 Å². The highest BCUT2D eigenvalue weighted by atomic mass is 35.5. The summed E-state index contributed by atoms with van der Waals surface area (Å²) in [6.45, 7) is 8.04. The van der Waals surface area contributed by atoms with Crippen molar-refractivity contribution in [2.75, 3.05) is 26.2 Å². The molecule has 1 aromatic carbocycles. The van der Waals surface area contributed by atoms with Gasteiger partial charge >= 0.3 is 0 Å². The summed E-state index contributed by atoms with van der Waals surface area (Å²) in [4.78, 5) is 12.1. The molecule has 1 amide bonds. The summed E-state index contributed by atoms with van der Waals surface area (Å²) in [5.41, 5.74) is 1.23. The Labute approximate surface area is 164 Å². The minimum absolute atomic E-state index is 0. The Kier molecular flexibility index (Phi) is 11.4. The quantitative estimate of drug-likeness (QED) is 0.602. The van der Waals surface area contributed by atoms with E-state index in [1.807, 2.05) is 12.1 Å². The molecule has 26 heavy (non-hydrogen) atoms. The second kappa shape index (κ2) is 13.0. The fraction of sp³-hybridized carbons (Fsp3) is 0.667. The van der Waals surface area contributed by atoms with Crippen molar-refractivity contribution in [1.82, 2.24) is 10.6 Å². The molecule has 0 radical (unpaired) electrons. The van der Waals surface area contributed by atoms with Gasteiger partial charge in [-0.2, -0.15) is 0 Å². The van der Waals surface area contributed by atoms with Crippen LogP contribution < -0.4 is 15.4 Å². The van der Waals surface area contributed by atoms with Gasteiger partial charge in [0.2, 0.25) is 5.91 Å². The second-order valence-corrected chi connectivity index (χ2v) is 7.21. The average Bonchev–Trinajstić information content (AvgIpc) is 2.64. The van der Waals surface area contributed by atoms with E-state index in [1.165, 1.54) is 18.4 Å². The number of unbranched alkanes of at least 4 members (excludes halogenated alkanes) is 1. The highest BCUT2D eigenvalue weighted by molar-refractivity contribution is 5.85. The Hall–Kier alpha value is -1.26. The normalized spacial score (nSPS) is 15.8. The first-order valence-corrected chi connectivity index (χ1v) is 9.88. The van der Waals surface area contributed by atoms with Gasteiger partial charge in [-0.25, -0.2) is 0 Å². The Balaban J connectivity index is 0.00000338. The van der Waals surface area contributed by atoms with E-state index >= 15 is 0 Å². The van der Waals surface area contributed by atoms with Gasteiger partial charge in [-0.1, -0.05) is 32.4 Å². The molecule has 1 atom stereocenters. The van der Waals surface area contributed by atoms with Gasteiger partial charge in [0, 0.05) is 13.0 Å². The number of carbonyl (C=O) groups excluding carboxylic acids is 1. The first-order valence-electron chi connectivity index (χ1n) is 9.88.